The number of hydrogen-bond donors (Lipinski definition) is 0. The molecule has 0 saturated heterocycles. The molecule has 0 unspecified atom stereocenters. The second-order valence-electron chi connectivity index (χ2n) is 8.68. The first-order valence-electron chi connectivity index (χ1n) is 9.04. The predicted molar refractivity (Wildman–Crippen MR) is 90.8 cm³/mol. The number of halogens is 1. The standard InChI is InChI=1S/C21H25FO2/c1-11-9-15-19(22)16(23)10-12(2)21(15,4)14-7-8-20(3)13(18(11)14)5-6-17(20)24/h10,13-14,18H,1,5-9H2,2-4H3/t13-,14+,18-,20-,21+/m0/s1. The Morgan fingerprint density at radius 1 is 1.21 bits per heavy atom. The van der Waals surface area contributed by atoms with Gasteiger partial charge >= 0.3 is 0 Å². The number of carbonyl (C=O) groups excluding carboxylic acids is 2. The van der Waals surface area contributed by atoms with Crippen LogP contribution >= 0.6 is 0 Å². The van der Waals surface area contributed by atoms with E-state index in [-0.39, 0.29) is 17.3 Å². The van der Waals surface area contributed by atoms with E-state index >= 15 is 0 Å². The fraction of sp³-hybridized carbons (Fsp3) is 0.619. The minimum Gasteiger partial charge on any atom is -0.299 e. The molecule has 0 aromatic carbocycles. The van der Waals surface area contributed by atoms with Gasteiger partial charge in [0.15, 0.2) is 5.83 Å². The first kappa shape index (κ1) is 16.0. The van der Waals surface area contributed by atoms with Crippen molar-refractivity contribution in [3.63, 3.8) is 0 Å². The molecule has 0 amide bonds. The number of hydrogen-bond acceptors (Lipinski definition) is 2. The van der Waals surface area contributed by atoms with Gasteiger partial charge in [-0.1, -0.05) is 31.6 Å². The maximum absolute atomic E-state index is 14.7. The van der Waals surface area contributed by atoms with Gasteiger partial charge in [-0.05, 0) is 62.0 Å². The number of fused-ring (bicyclic) bond motifs is 5. The summed E-state index contributed by atoms with van der Waals surface area (Å²) in [6, 6.07) is 0. The highest BCUT2D eigenvalue weighted by Crippen LogP contribution is 2.66. The van der Waals surface area contributed by atoms with E-state index in [0.29, 0.717) is 30.1 Å². The number of rotatable bonds is 0. The van der Waals surface area contributed by atoms with Crippen LogP contribution in [-0.2, 0) is 9.59 Å². The fourth-order valence-electron chi connectivity index (χ4n) is 6.28. The summed E-state index contributed by atoms with van der Waals surface area (Å²) in [6.45, 7) is 10.5. The molecule has 0 aliphatic heterocycles. The van der Waals surface area contributed by atoms with Gasteiger partial charge in [-0.2, -0.15) is 0 Å². The summed E-state index contributed by atoms with van der Waals surface area (Å²) in [5.74, 6) is 0.146. The minimum absolute atomic E-state index is 0.234. The van der Waals surface area contributed by atoms with Gasteiger partial charge in [0.05, 0.1) is 0 Å². The third-order valence-corrected chi connectivity index (χ3v) is 7.87. The molecular formula is C21H25FO2. The maximum Gasteiger partial charge on any atom is 0.214 e. The van der Waals surface area contributed by atoms with Crippen LogP contribution in [0.1, 0.15) is 52.9 Å². The van der Waals surface area contributed by atoms with Crippen LogP contribution in [0.4, 0.5) is 4.39 Å². The average Bonchev–Trinajstić information content (AvgIpc) is 2.83. The van der Waals surface area contributed by atoms with Crippen molar-refractivity contribution in [1.82, 2.24) is 0 Å². The van der Waals surface area contributed by atoms with E-state index in [4.69, 9.17) is 0 Å². The molecule has 0 radical (unpaired) electrons. The minimum atomic E-state index is -0.571. The Morgan fingerprint density at radius 3 is 2.62 bits per heavy atom. The molecule has 0 N–H and O–H groups in total. The first-order chi connectivity index (χ1) is 11.2. The third-order valence-electron chi connectivity index (χ3n) is 7.87. The Balaban J connectivity index is 1.85. The van der Waals surface area contributed by atoms with E-state index in [9.17, 15) is 14.0 Å². The summed E-state index contributed by atoms with van der Waals surface area (Å²) in [4.78, 5) is 24.4. The highest BCUT2D eigenvalue weighted by atomic mass is 19.1. The fourth-order valence-corrected chi connectivity index (χ4v) is 6.28. The number of carbonyl (C=O) groups is 2. The van der Waals surface area contributed by atoms with Crippen LogP contribution in [0.3, 0.4) is 0 Å². The van der Waals surface area contributed by atoms with Crippen LogP contribution in [0, 0.1) is 28.6 Å². The Kier molecular flexibility index (Phi) is 3.18. The molecule has 4 aliphatic carbocycles. The summed E-state index contributed by atoms with van der Waals surface area (Å²) in [7, 11) is 0. The number of allylic oxidation sites excluding steroid dienone is 5. The molecule has 3 heteroatoms. The van der Waals surface area contributed by atoms with E-state index in [1.807, 2.05) is 6.92 Å². The molecule has 3 saturated carbocycles. The Hall–Kier alpha value is -1.51. The second-order valence-corrected chi connectivity index (χ2v) is 8.68. The SMILES string of the molecule is C=C1CC2=C(F)C(=O)C=C(C)[C@]2(C)[C@@H]2CC[C@]3(C)C(=O)CC[C@H]3[C@H]12. The summed E-state index contributed by atoms with van der Waals surface area (Å²) >= 11 is 0. The van der Waals surface area contributed by atoms with Gasteiger partial charge in [0.1, 0.15) is 5.78 Å². The van der Waals surface area contributed by atoms with E-state index in [1.54, 1.807) is 0 Å². The monoisotopic (exact) mass is 328 g/mol. The molecule has 0 aromatic rings. The highest BCUT2D eigenvalue weighted by molar-refractivity contribution is 6.05. The normalized spacial score (nSPS) is 44.9. The van der Waals surface area contributed by atoms with E-state index in [2.05, 4.69) is 20.4 Å². The molecule has 0 spiro atoms. The topological polar surface area (TPSA) is 34.1 Å². The van der Waals surface area contributed by atoms with Crippen molar-refractivity contribution < 1.29 is 14.0 Å². The van der Waals surface area contributed by atoms with Crippen molar-refractivity contribution >= 4 is 11.6 Å². The Labute approximate surface area is 142 Å². The smallest absolute Gasteiger partial charge is 0.214 e. The average molecular weight is 328 g/mol. The largest absolute Gasteiger partial charge is 0.299 e. The zero-order valence-corrected chi connectivity index (χ0v) is 14.7. The van der Waals surface area contributed by atoms with Crippen LogP contribution in [0.15, 0.2) is 35.2 Å². The third kappa shape index (κ3) is 1.71. The van der Waals surface area contributed by atoms with E-state index in [0.717, 1.165) is 30.4 Å². The van der Waals surface area contributed by atoms with Crippen LogP contribution in [-0.4, -0.2) is 11.6 Å². The molecular weight excluding hydrogens is 303 g/mol. The van der Waals surface area contributed by atoms with E-state index < -0.39 is 17.0 Å². The lowest BCUT2D eigenvalue weighted by Gasteiger charge is -2.57. The van der Waals surface area contributed by atoms with Crippen LogP contribution in [0.5, 0.6) is 0 Å². The quantitative estimate of drug-likeness (QED) is 0.603. The van der Waals surface area contributed by atoms with Crippen LogP contribution in [0.25, 0.3) is 0 Å². The number of ketones is 2. The Morgan fingerprint density at radius 2 is 1.92 bits per heavy atom. The van der Waals surface area contributed by atoms with E-state index in [1.165, 1.54) is 6.08 Å². The molecule has 24 heavy (non-hydrogen) atoms. The molecule has 4 aliphatic rings. The molecule has 0 heterocycles. The predicted octanol–water partition coefficient (Wildman–Crippen LogP) is 4.72. The zero-order valence-electron chi connectivity index (χ0n) is 14.7. The van der Waals surface area contributed by atoms with Crippen molar-refractivity contribution in [2.45, 2.75) is 52.9 Å². The number of Topliss-reactive ketones (excluding diaryl/α,β-unsaturated/α-hetero) is 1. The van der Waals surface area contributed by atoms with Gasteiger partial charge in [-0.15, -0.1) is 0 Å². The molecule has 5 atom stereocenters. The molecule has 2 nitrogen and oxygen atoms in total. The summed E-state index contributed by atoms with van der Waals surface area (Å²) < 4.78 is 14.7. The second kappa shape index (κ2) is 4.77. The zero-order chi connectivity index (χ0) is 17.4. The lowest BCUT2D eigenvalue weighted by Crippen LogP contribution is -2.51. The first-order valence-corrected chi connectivity index (χ1v) is 9.04. The van der Waals surface area contributed by atoms with Crippen molar-refractivity contribution in [2.75, 3.05) is 0 Å². The van der Waals surface area contributed by atoms with Crippen LogP contribution in [0.2, 0.25) is 0 Å². The summed E-state index contributed by atoms with van der Waals surface area (Å²) in [5.41, 5.74) is 1.99. The van der Waals surface area contributed by atoms with Crippen LogP contribution < -0.4 is 0 Å². The molecule has 4 rings (SSSR count). The van der Waals surface area contributed by atoms with Gasteiger partial charge in [0, 0.05) is 17.3 Å². The molecule has 0 aromatic heterocycles. The lowest BCUT2D eigenvalue weighted by molar-refractivity contribution is -0.130. The highest BCUT2D eigenvalue weighted by Gasteiger charge is 2.61. The van der Waals surface area contributed by atoms with Gasteiger partial charge in [0.2, 0.25) is 5.78 Å². The van der Waals surface area contributed by atoms with Gasteiger partial charge < -0.3 is 0 Å². The van der Waals surface area contributed by atoms with Crippen molar-refractivity contribution in [3.05, 3.63) is 35.2 Å². The van der Waals surface area contributed by atoms with Crippen molar-refractivity contribution in [1.29, 1.82) is 0 Å². The maximum atomic E-state index is 14.7. The Bertz CT molecular complexity index is 743. The van der Waals surface area contributed by atoms with Gasteiger partial charge in [-0.3, -0.25) is 9.59 Å². The molecule has 3 fully saturated rings. The van der Waals surface area contributed by atoms with Gasteiger partial charge in [0.25, 0.3) is 0 Å². The summed E-state index contributed by atoms with van der Waals surface area (Å²) in [5, 5.41) is 0. The lowest BCUT2D eigenvalue weighted by atomic mass is 9.46. The summed E-state index contributed by atoms with van der Waals surface area (Å²) in [6.07, 6.45) is 5.30. The molecule has 128 valence electrons. The van der Waals surface area contributed by atoms with Crippen molar-refractivity contribution in [3.8, 4) is 0 Å². The van der Waals surface area contributed by atoms with Crippen molar-refractivity contribution in [2.24, 2.45) is 28.6 Å². The van der Waals surface area contributed by atoms with Gasteiger partial charge in [-0.25, -0.2) is 4.39 Å². The molecule has 0 bridgehead atoms.